The van der Waals surface area contributed by atoms with Crippen LogP contribution in [0.2, 0.25) is 0 Å². The van der Waals surface area contributed by atoms with Gasteiger partial charge in [-0.05, 0) is 25.8 Å². The van der Waals surface area contributed by atoms with E-state index >= 15 is 0 Å². The summed E-state index contributed by atoms with van der Waals surface area (Å²) in [4.78, 5) is 11.1. The Morgan fingerprint density at radius 3 is 2.59 bits per heavy atom. The lowest BCUT2D eigenvalue weighted by molar-refractivity contribution is 0.671. The van der Waals surface area contributed by atoms with E-state index in [1.807, 2.05) is 12.1 Å². The van der Waals surface area contributed by atoms with Crippen LogP contribution in [0.3, 0.4) is 0 Å². The molecule has 0 unspecified atom stereocenters. The molecule has 22 heavy (non-hydrogen) atoms. The number of benzene rings is 1. The van der Waals surface area contributed by atoms with Gasteiger partial charge in [0, 0.05) is 25.2 Å². The Morgan fingerprint density at radius 2 is 1.91 bits per heavy atom. The minimum Gasteiger partial charge on any atom is -0.370 e. The molecule has 1 N–H and O–H groups in total. The summed E-state index contributed by atoms with van der Waals surface area (Å²) < 4.78 is 0. The zero-order valence-electron chi connectivity index (χ0n) is 13.8. The van der Waals surface area contributed by atoms with Crippen molar-refractivity contribution < 1.29 is 0 Å². The van der Waals surface area contributed by atoms with Gasteiger partial charge in [0.1, 0.15) is 18.0 Å². The van der Waals surface area contributed by atoms with E-state index in [1.165, 1.54) is 12.0 Å². The van der Waals surface area contributed by atoms with E-state index in [9.17, 15) is 0 Å². The number of nitrogens with zero attached hydrogens (tertiary/aromatic N) is 3. The monoisotopic (exact) mass is 298 g/mol. The number of hydrogen-bond acceptors (Lipinski definition) is 4. The summed E-state index contributed by atoms with van der Waals surface area (Å²) >= 11 is 0. The van der Waals surface area contributed by atoms with Crippen LogP contribution in [-0.4, -0.2) is 22.6 Å². The fourth-order valence-electron chi connectivity index (χ4n) is 2.30. The number of nitrogens with one attached hydrogen (secondary N) is 1. The molecule has 2 aromatic rings. The number of aromatic nitrogens is 2. The van der Waals surface area contributed by atoms with Gasteiger partial charge in [-0.25, -0.2) is 9.97 Å². The topological polar surface area (TPSA) is 41.0 Å². The Hall–Kier alpha value is -2.10. The van der Waals surface area contributed by atoms with E-state index in [1.54, 1.807) is 6.33 Å². The fraction of sp³-hybridized carbons (Fsp3) is 0.444. The fourth-order valence-corrected chi connectivity index (χ4v) is 2.30. The van der Waals surface area contributed by atoms with Gasteiger partial charge < -0.3 is 10.2 Å². The van der Waals surface area contributed by atoms with Gasteiger partial charge in [0.25, 0.3) is 0 Å². The summed E-state index contributed by atoms with van der Waals surface area (Å²) in [6.07, 6.45) is 3.97. The zero-order valence-corrected chi connectivity index (χ0v) is 13.8. The Bertz CT molecular complexity index is 554. The lowest BCUT2D eigenvalue weighted by Crippen LogP contribution is -2.31. The van der Waals surface area contributed by atoms with Crippen molar-refractivity contribution in [2.45, 2.75) is 46.2 Å². The first-order valence-corrected chi connectivity index (χ1v) is 8.07. The van der Waals surface area contributed by atoms with Crippen LogP contribution >= 0.6 is 0 Å². The molecule has 118 valence electrons. The minimum absolute atomic E-state index is 0.374. The van der Waals surface area contributed by atoms with Crippen molar-refractivity contribution in [3.8, 4) is 0 Å². The Morgan fingerprint density at radius 1 is 1.14 bits per heavy atom. The maximum absolute atomic E-state index is 4.46. The first-order valence-electron chi connectivity index (χ1n) is 8.07. The first-order chi connectivity index (χ1) is 10.7. The summed E-state index contributed by atoms with van der Waals surface area (Å²) in [5, 5.41) is 3.37. The highest BCUT2D eigenvalue weighted by Crippen LogP contribution is 2.19. The average Bonchev–Trinajstić information content (AvgIpc) is 2.54. The van der Waals surface area contributed by atoms with Crippen molar-refractivity contribution in [3.63, 3.8) is 0 Å². The van der Waals surface area contributed by atoms with Crippen molar-refractivity contribution in [1.29, 1.82) is 0 Å². The third kappa shape index (κ3) is 4.72. The van der Waals surface area contributed by atoms with Gasteiger partial charge in [0.05, 0.1) is 0 Å². The van der Waals surface area contributed by atoms with Crippen LogP contribution in [0.15, 0.2) is 42.7 Å². The molecular weight excluding hydrogens is 272 g/mol. The maximum atomic E-state index is 4.46. The minimum atomic E-state index is 0.374. The predicted molar refractivity (Wildman–Crippen MR) is 93.2 cm³/mol. The Kier molecular flexibility index (Phi) is 6.19. The third-order valence-electron chi connectivity index (χ3n) is 3.60. The van der Waals surface area contributed by atoms with Gasteiger partial charge in [-0.3, -0.25) is 0 Å². The molecule has 0 aliphatic carbocycles. The quantitative estimate of drug-likeness (QED) is 0.745. The summed E-state index contributed by atoms with van der Waals surface area (Å²) in [6, 6.07) is 12.9. The van der Waals surface area contributed by atoms with Crippen LogP contribution in [0.1, 0.15) is 39.2 Å². The van der Waals surface area contributed by atoms with Crippen LogP contribution < -0.4 is 10.2 Å². The number of hydrogen-bond donors (Lipinski definition) is 1. The summed E-state index contributed by atoms with van der Waals surface area (Å²) in [5.41, 5.74) is 1.29. The van der Waals surface area contributed by atoms with Gasteiger partial charge in [0.2, 0.25) is 0 Å². The van der Waals surface area contributed by atoms with E-state index in [0.29, 0.717) is 6.04 Å². The summed E-state index contributed by atoms with van der Waals surface area (Å²) in [6.45, 7) is 8.37. The number of anilines is 2. The SMILES string of the molecule is CCCCNc1cc(N(Cc2ccccc2)C(C)C)ncn1. The highest BCUT2D eigenvalue weighted by Gasteiger charge is 2.13. The van der Waals surface area contributed by atoms with Gasteiger partial charge >= 0.3 is 0 Å². The molecule has 4 nitrogen and oxygen atoms in total. The molecule has 0 bridgehead atoms. The van der Waals surface area contributed by atoms with Crippen molar-refractivity contribution in [1.82, 2.24) is 9.97 Å². The molecule has 0 atom stereocenters. The first kappa shape index (κ1) is 16.3. The normalized spacial score (nSPS) is 10.7. The molecule has 0 aliphatic rings. The lowest BCUT2D eigenvalue weighted by Gasteiger charge is -2.28. The Labute approximate surface area is 133 Å². The molecule has 1 heterocycles. The molecule has 0 aliphatic heterocycles. The molecule has 0 saturated carbocycles. The second-order valence-corrected chi connectivity index (χ2v) is 5.75. The van der Waals surface area contributed by atoms with Crippen molar-refractivity contribution in [2.24, 2.45) is 0 Å². The van der Waals surface area contributed by atoms with Crippen LogP contribution in [0.25, 0.3) is 0 Å². The van der Waals surface area contributed by atoms with E-state index in [0.717, 1.165) is 31.1 Å². The van der Waals surface area contributed by atoms with Crippen LogP contribution in [-0.2, 0) is 6.54 Å². The molecule has 1 aromatic carbocycles. The van der Waals surface area contributed by atoms with Gasteiger partial charge in [-0.1, -0.05) is 43.7 Å². The van der Waals surface area contributed by atoms with Gasteiger partial charge in [-0.15, -0.1) is 0 Å². The molecule has 4 heteroatoms. The van der Waals surface area contributed by atoms with E-state index in [4.69, 9.17) is 0 Å². The van der Waals surface area contributed by atoms with Crippen LogP contribution in [0, 0.1) is 0 Å². The second kappa shape index (κ2) is 8.37. The van der Waals surface area contributed by atoms with Crippen LogP contribution in [0.5, 0.6) is 0 Å². The highest BCUT2D eigenvalue weighted by atomic mass is 15.2. The van der Waals surface area contributed by atoms with Gasteiger partial charge in [0.15, 0.2) is 0 Å². The van der Waals surface area contributed by atoms with Crippen LogP contribution in [0.4, 0.5) is 11.6 Å². The smallest absolute Gasteiger partial charge is 0.134 e. The average molecular weight is 298 g/mol. The molecular formula is C18H26N4. The third-order valence-corrected chi connectivity index (χ3v) is 3.60. The molecule has 0 saturated heterocycles. The predicted octanol–water partition coefficient (Wildman–Crippen LogP) is 4.10. The molecule has 0 fully saturated rings. The van der Waals surface area contributed by atoms with Crippen molar-refractivity contribution >= 4 is 11.6 Å². The summed E-state index contributed by atoms with van der Waals surface area (Å²) in [5.74, 6) is 1.87. The summed E-state index contributed by atoms with van der Waals surface area (Å²) in [7, 11) is 0. The number of rotatable bonds is 8. The Balaban J connectivity index is 2.12. The molecule has 0 amide bonds. The highest BCUT2D eigenvalue weighted by molar-refractivity contribution is 5.49. The zero-order chi connectivity index (χ0) is 15.8. The second-order valence-electron chi connectivity index (χ2n) is 5.75. The van der Waals surface area contributed by atoms with E-state index < -0.39 is 0 Å². The standard InChI is InChI=1S/C18H26N4/c1-4-5-11-19-17-12-18(21-14-20-17)22(15(2)3)13-16-9-7-6-8-10-16/h6-10,12,14-15H,4-5,11,13H2,1-3H3,(H,19,20,21). The molecule has 0 radical (unpaired) electrons. The maximum Gasteiger partial charge on any atom is 0.134 e. The largest absolute Gasteiger partial charge is 0.370 e. The van der Waals surface area contributed by atoms with E-state index in [-0.39, 0.29) is 0 Å². The lowest BCUT2D eigenvalue weighted by atomic mass is 10.2. The molecule has 2 rings (SSSR count). The van der Waals surface area contributed by atoms with Gasteiger partial charge in [-0.2, -0.15) is 0 Å². The van der Waals surface area contributed by atoms with Crippen molar-refractivity contribution in [3.05, 3.63) is 48.3 Å². The molecule has 1 aromatic heterocycles. The number of unbranched alkanes of at least 4 members (excludes halogenated alkanes) is 1. The van der Waals surface area contributed by atoms with E-state index in [2.05, 4.69) is 65.2 Å². The molecule has 0 spiro atoms. The van der Waals surface area contributed by atoms with Crippen molar-refractivity contribution in [2.75, 3.05) is 16.8 Å².